The highest BCUT2D eigenvalue weighted by Crippen LogP contribution is 2.46. The summed E-state index contributed by atoms with van der Waals surface area (Å²) in [5.41, 5.74) is 3.23. The number of amides is 1. The van der Waals surface area contributed by atoms with E-state index in [0.717, 1.165) is 35.3 Å². The number of aromatic nitrogens is 4. The summed E-state index contributed by atoms with van der Waals surface area (Å²) in [5.74, 6) is 0. The smallest absolute Gasteiger partial charge is 0.414 e. The predicted octanol–water partition coefficient (Wildman–Crippen LogP) is 2.92. The molecule has 1 saturated heterocycles. The molecule has 1 aromatic carbocycles. The van der Waals surface area contributed by atoms with Crippen molar-refractivity contribution in [2.45, 2.75) is 30.9 Å². The molecular weight excluding hydrogens is 368 g/mol. The van der Waals surface area contributed by atoms with Crippen LogP contribution in [-0.4, -0.2) is 38.7 Å². The molecule has 5 rings (SSSR count). The van der Waals surface area contributed by atoms with Crippen LogP contribution in [0.3, 0.4) is 0 Å². The third kappa shape index (κ3) is 3.21. The van der Waals surface area contributed by atoms with Crippen molar-refractivity contribution in [2.75, 3.05) is 11.4 Å². The topological polar surface area (TPSA) is 96.9 Å². The SMILES string of the molecule is N#CC1(c2ccc(-c3ccc(N4C[C@H](Cn5ccnn5)OC4=O)cc3)cn2)CC1. The number of cyclic esters (lactones) is 1. The van der Waals surface area contributed by atoms with Crippen LogP contribution in [-0.2, 0) is 16.7 Å². The standard InChI is InChI=1S/C21H18N6O2/c22-14-21(7-8-21)19-6-3-16(11-23-19)15-1-4-17(5-2-15)27-13-18(29-20(27)28)12-26-10-9-24-25-26/h1-6,9-11,18H,7-8,12-13H2/t18-/m0/s1. The van der Waals surface area contributed by atoms with Crippen LogP contribution in [0.4, 0.5) is 10.5 Å². The average molecular weight is 386 g/mol. The van der Waals surface area contributed by atoms with Gasteiger partial charge in [0.2, 0.25) is 0 Å². The Bertz CT molecular complexity index is 1070. The summed E-state index contributed by atoms with van der Waals surface area (Å²) in [6, 6.07) is 14.0. The molecule has 144 valence electrons. The maximum absolute atomic E-state index is 12.3. The number of nitrogens with zero attached hydrogens (tertiary/aromatic N) is 6. The van der Waals surface area contributed by atoms with Gasteiger partial charge < -0.3 is 4.74 Å². The molecular formula is C21H18N6O2. The third-order valence-corrected chi connectivity index (χ3v) is 5.47. The van der Waals surface area contributed by atoms with Crippen LogP contribution in [0, 0.1) is 11.3 Å². The zero-order valence-electron chi connectivity index (χ0n) is 15.6. The Kier molecular flexibility index (Phi) is 4.02. The molecule has 3 aromatic rings. The quantitative estimate of drug-likeness (QED) is 0.669. The minimum absolute atomic E-state index is 0.268. The second-order valence-corrected chi connectivity index (χ2v) is 7.41. The Morgan fingerprint density at radius 3 is 2.59 bits per heavy atom. The van der Waals surface area contributed by atoms with Crippen molar-refractivity contribution in [3.05, 3.63) is 60.7 Å². The van der Waals surface area contributed by atoms with E-state index in [1.54, 1.807) is 28.2 Å². The highest BCUT2D eigenvalue weighted by molar-refractivity contribution is 5.90. The van der Waals surface area contributed by atoms with Crippen molar-refractivity contribution in [2.24, 2.45) is 0 Å². The first-order valence-electron chi connectivity index (χ1n) is 9.47. The number of nitriles is 1. The van der Waals surface area contributed by atoms with Gasteiger partial charge in [0.25, 0.3) is 0 Å². The molecule has 0 radical (unpaired) electrons. The maximum atomic E-state index is 12.3. The van der Waals surface area contributed by atoms with Crippen molar-refractivity contribution < 1.29 is 9.53 Å². The van der Waals surface area contributed by atoms with Gasteiger partial charge in [0.05, 0.1) is 36.5 Å². The van der Waals surface area contributed by atoms with E-state index in [9.17, 15) is 10.1 Å². The molecule has 3 heterocycles. The van der Waals surface area contributed by atoms with Crippen molar-refractivity contribution >= 4 is 11.8 Å². The highest BCUT2D eigenvalue weighted by atomic mass is 16.6. The van der Waals surface area contributed by atoms with E-state index in [-0.39, 0.29) is 17.6 Å². The number of carbonyl (C=O) groups is 1. The molecule has 1 amide bonds. The summed E-state index contributed by atoms with van der Waals surface area (Å²) in [5, 5.41) is 17.0. The lowest BCUT2D eigenvalue weighted by Crippen LogP contribution is -2.26. The van der Waals surface area contributed by atoms with Gasteiger partial charge >= 0.3 is 6.09 Å². The monoisotopic (exact) mass is 386 g/mol. The Morgan fingerprint density at radius 2 is 1.97 bits per heavy atom. The van der Waals surface area contributed by atoms with E-state index in [0.29, 0.717) is 13.1 Å². The van der Waals surface area contributed by atoms with Crippen LogP contribution in [0.1, 0.15) is 18.5 Å². The molecule has 0 unspecified atom stereocenters. The molecule has 8 nitrogen and oxygen atoms in total. The largest absolute Gasteiger partial charge is 0.442 e. The number of rotatable bonds is 5. The van der Waals surface area contributed by atoms with E-state index in [1.165, 1.54) is 0 Å². The first-order chi connectivity index (χ1) is 14.2. The lowest BCUT2D eigenvalue weighted by Gasteiger charge is -2.14. The van der Waals surface area contributed by atoms with Crippen LogP contribution in [0.2, 0.25) is 0 Å². The van der Waals surface area contributed by atoms with Gasteiger partial charge in [-0.05, 0) is 36.6 Å². The van der Waals surface area contributed by atoms with Gasteiger partial charge in [0.1, 0.15) is 6.10 Å². The lowest BCUT2D eigenvalue weighted by atomic mass is 10.0. The lowest BCUT2D eigenvalue weighted by molar-refractivity contribution is 0.129. The zero-order chi connectivity index (χ0) is 19.8. The number of hydrogen-bond donors (Lipinski definition) is 0. The van der Waals surface area contributed by atoms with Crippen LogP contribution in [0.25, 0.3) is 11.1 Å². The van der Waals surface area contributed by atoms with Gasteiger partial charge in [-0.1, -0.05) is 23.4 Å². The fraction of sp³-hybridized carbons (Fsp3) is 0.286. The van der Waals surface area contributed by atoms with Crippen LogP contribution in [0.5, 0.6) is 0 Å². The Labute approximate surface area is 167 Å². The number of benzene rings is 1. The van der Waals surface area contributed by atoms with Gasteiger partial charge in [-0.3, -0.25) is 9.88 Å². The Morgan fingerprint density at radius 1 is 1.17 bits per heavy atom. The fourth-order valence-electron chi connectivity index (χ4n) is 3.60. The summed E-state index contributed by atoms with van der Waals surface area (Å²) >= 11 is 0. The summed E-state index contributed by atoms with van der Waals surface area (Å²) in [6.07, 6.45) is 6.28. The summed E-state index contributed by atoms with van der Waals surface area (Å²) in [7, 11) is 0. The summed E-state index contributed by atoms with van der Waals surface area (Å²) < 4.78 is 7.09. The number of carbonyl (C=O) groups excluding carboxylic acids is 1. The highest BCUT2D eigenvalue weighted by Gasteiger charge is 2.46. The first kappa shape index (κ1) is 17.4. The molecule has 8 heteroatoms. The molecule has 2 aromatic heterocycles. The molecule has 0 N–H and O–H groups in total. The van der Waals surface area contributed by atoms with E-state index in [1.807, 2.05) is 36.4 Å². The van der Waals surface area contributed by atoms with E-state index in [4.69, 9.17) is 4.74 Å². The molecule has 1 saturated carbocycles. The summed E-state index contributed by atoms with van der Waals surface area (Å²) in [6.45, 7) is 0.938. The first-order valence-corrected chi connectivity index (χ1v) is 9.47. The van der Waals surface area contributed by atoms with Crippen molar-refractivity contribution in [3.8, 4) is 17.2 Å². The van der Waals surface area contributed by atoms with Gasteiger partial charge in [0.15, 0.2) is 0 Å². The third-order valence-electron chi connectivity index (χ3n) is 5.47. The fourth-order valence-corrected chi connectivity index (χ4v) is 3.60. The van der Waals surface area contributed by atoms with Crippen molar-refractivity contribution in [3.63, 3.8) is 0 Å². The second kappa shape index (κ2) is 6.71. The number of pyridine rings is 1. The number of ether oxygens (including phenoxy) is 1. The number of hydrogen-bond acceptors (Lipinski definition) is 6. The van der Waals surface area contributed by atoms with E-state index >= 15 is 0 Å². The Hall–Kier alpha value is -3.73. The van der Waals surface area contributed by atoms with Gasteiger partial charge in [-0.2, -0.15) is 5.26 Å². The van der Waals surface area contributed by atoms with Crippen molar-refractivity contribution in [1.82, 2.24) is 20.0 Å². The van der Waals surface area contributed by atoms with Crippen LogP contribution >= 0.6 is 0 Å². The van der Waals surface area contributed by atoms with Gasteiger partial charge in [0, 0.05) is 23.6 Å². The maximum Gasteiger partial charge on any atom is 0.414 e. The minimum Gasteiger partial charge on any atom is -0.442 e. The minimum atomic E-state index is -0.374. The van der Waals surface area contributed by atoms with Crippen molar-refractivity contribution in [1.29, 1.82) is 5.26 Å². The molecule has 2 aliphatic rings. The van der Waals surface area contributed by atoms with E-state index < -0.39 is 0 Å². The summed E-state index contributed by atoms with van der Waals surface area (Å²) in [4.78, 5) is 18.4. The van der Waals surface area contributed by atoms with Gasteiger partial charge in [-0.15, -0.1) is 5.10 Å². The second-order valence-electron chi connectivity index (χ2n) is 7.41. The molecule has 0 bridgehead atoms. The van der Waals surface area contributed by atoms with Gasteiger partial charge in [-0.25, -0.2) is 9.48 Å². The molecule has 0 spiro atoms. The number of anilines is 1. The predicted molar refractivity (Wildman–Crippen MR) is 104 cm³/mol. The Balaban J connectivity index is 1.29. The average Bonchev–Trinajstić information content (AvgIpc) is 3.23. The molecule has 1 aliphatic heterocycles. The molecule has 2 fully saturated rings. The zero-order valence-corrected chi connectivity index (χ0v) is 15.6. The van der Waals surface area contributed by atoms with Crippen LogP contribution < -0.4 is 4.90 Å². The normalized spacial score (nSPS) is 19.6. The molecule has 1 atom stereocenters. The van der Waals surface area contributed by atoms with Crippen LogP contribution in [0.15, 0.2) is 55.0 Å². The molecule has 1 aliphatic carbocycles. The van der Waals surface area contributed by atoms with E-state index in [2.05, 4.69) is 21.4 Å². The molecule has 29 heavy (non-hydrogen) atoms.